The van der Waals surface area contributed by atoms with E-state index in [1.807, 2.05) is 24.3 Å². The lowest BCUT2D eigenvalue weighted by molar-refractivity contribution is 0.210. The van der Waals surface area contributed by atoms with Crippen LogP contribution in [0.4, 0.5) is 5.69 Å². The van der Waals surface area contributed by atoms with Crippen molar-refractivity contribution in [3.63, 3.8) is 0 Å². The molecule has 20 heavy (non-hydrogen) atoms. The van der Waals surface area contributed by atoms with E-state index in [9.17, 15) is 0 Å². The van der Waals surface area contributed by atoms with Crippen molar-refractivity contribution in [2.24, 2.45) is 0 Å². The highest BCUT2D eigenvalue weighted by atomic mass is 16.5. The summed E-state index contributed by atoms with van der Waals surface area (Å²) in [6, 6.07) is 14.4. The van der Waals surface area contributed by atoms with Crippen LogP contribution in [-0.4, -0.2) is 13.7 Å². The number of anilines is 1. The van der Waals surface area contributed by atoms with Gasteiger partial charge >= 0.3 is 0 Å². The Balaban J connectivity index is 1.84. The zero-order valence-corrected chi connectivity index (χ0v) is 11.8. The molecule has 1 heterocycles. The summed E-state index contributed by atoms with van der Waals surface area (Å²) in [5.74, 6) is 1.78. The van der Waals surface area contributed by atoms with E-state index < -0.39 is 0 Å². The van der Waals surface area contributed by atoms with E-state index >= 15 is 0 Å². The largest absolute Gasteiger partial charge is 0.497 e. The van der Waals surface area contributed by atoms with Gasteiger partial charge in [-0.25, -0.2) is 0 Å². The van der Waals surface area contributed by atoms with Crippen LogP contribution in [0.3, 0.4) is 0 Å². The second-order valence-corrected chi connectivity index (χ2v) is 4.95. The number of nitrogens with one attached hydrogen (secondary N) is 1. The van der Waals surface area contributed by atoms with Crippen molar-refractivity contribution in [1.82, 2.24) is 0 Å². The Kier molecular flexibility index (Phi) is 3.50. The van der Waals surface area contributed by atoms with Crippen LogP contribution in [0.1, 0.15) is 24.2 Å². The number of hydrogen-bond acceptors (Lipinski definition) is 3. The second-order valence-electron chi connectivity index (χ2n) is 4.95. The van der Waals surface area contributed by atoms with Crippen LogP contribution in [-0.2, 0) is 6.42 Å². The number of aryl methyl sites for hydroxylation is 1. The van der Waals surface area contributed by atoms with Crippen LogP contribution in [0.5, 0.6) is 11.5 Å². The van der Waals surface area contributed by atoms with Gasteiger partial charge in [0.15, 0.2) is 0 Å². The van der Waals surface area contributed by atoms with E-state index in [0.29, 0.717) is 0 Å². The summed E-state index contributed by atoms with van der Waals surface area (Å²) in [7, 11) is 1.68. The van der Waals surface area contributed by atoms with E-state index in [0.717, 1.165) is 35.7 Å². The molecule has 1 aliphatic rings. The van der Waals surface area contributed by atoms with Gasteiger partial charge in [-0.1, -0.05) is 25.1 Å². The van der Waals surface area contributed by atoms with Crippen molar-refractivity contribution in [3.8, 4) is 11.5 Å². The van der Waals surface area contributed by atoms with Crippen molar-refractivity contribution in [3.05, 3.63) is 53.6 Å². The maximum Gasteiger partial charge on any atom is 0.143 e. The molecule has 0 bridgehead atoms. The molecular formula is C17H19NO2. The lowest BCUT2D eigenvalue weighted by Gasteiger charge is -2.28. The maximum absolute atomic E-state index is 6.10. The van der Waals surface area contributed by atoms with Crippen LogP contribution < -0.4 is 14.8 Å². The van der Waals surface area contributed by atoms with Crippen molar-refractivity contribution < 1.29 is 9.47 Å². The minimum absolute atomic E-state index is 0.0186. The summed E-state index contributed by atoms with van der Waals surface area (Å²) in [5.41, 5.74) is 3.53. The molecule has 3 rings (SSSR count). The number of rotatable bonds is 3. The van der Waals surface area contributed by atoms with Gasteiger partial charge in [0, 0.05) is 0 Å². The van der Waals surface area contributed by atoms with Gasteiger partial charge in [-0.3, -0.25) is 0 Å². The quantitative estimate of drug-likeness (QED) is 0.919. The molecule has 1 N–H and O–H groups in total. The highest BCUT2D eigenvalue weighted by molar-refractivity contribution is 5.60. The topological polar surface area (TPSA) is 30.5 Å². The number of benzene rings is 2. The molecule has 0 spiro atoms. The first kappa shape index (κ1) is 12.9. The minimum atomic E-state index is 0.0186. The van der Waals surface area contributed by atoms with Gasteiger partial charge in [-0.15, -0.1) is 0 Å². The molecule has 104 valence electrons. The van der Waals surface area contributed by atoms with E-state index in [-0.39, 0.29) is 6.10 Å². The first-order valence-electron chi connectivity index (χ1n) is 6.97. The fourth-order valence-electron chi connectivity index (χ4n) is 2.46. The summed E-state index contributed by atoms with van der Waals surface area (Å²) >= 11 is 0. The number of hydrogen-bond donors (Lipinski definition) is 1. The Labute approximate surface area is 119 Å². The molecule has 3 nitrogen and oxygen atoms in total. The summed E-state index contributed by atoms with van der Waals surface area (Å²) in [5, 5.41) is 3.46. The fourth-order valence-corrected chi connectivity index (χ4v) is 2.46. The molecule has 2 aromatic carbocycles. The van der Waals surface area contributed by atoms with Crippen molar-refractivity contribution >= 4 is 5.69 Å². The Bertz CT molecular complexity index is 610. The molecule has 0 radical (unpaired) electrons. The molecule has 0 saturated carbocycles. The molecule has 3 heteroatoms. The van der Waals surface area contributed by atoms with Crippen molar-refractivity contribution in [1.29, 1.82) is 0 Å². The molecule has 0 saturated heterocycles. The smallest absolute Gasteiger partial charge is 0.143 e. The van der Waals surface area contributed by atoms with Gasteiger partial charge in [0.05, 0.1) is 19.3 Å². The van der Waals surface area contributed by atoms with Crippen LogP contribution in [0, 0.1) is 0 Å². The van der Waals surface area contributed by atoms with Crippen LogP contribution in [0.2, 0.25) is 0 Å². The highest BCUT2D eigenvalue weighted by Crippen LogP contribution is 2.35. The molecule has 1 aliphatic heterocycles. The van der Waals surface area contributed by atoms with Crippen LogP contribution in [0.25, 0.3) is 0 Å². The van der Waals surface area contributed by atoms with E-state index in [1.54, 1.807) is 7.11 Å². The average Bonchev–Trinajstić information content (AvgIpc) is 2.54. The van der Waals surface area contributed by atoms with Gasteiger partial charge in [-0.05, 0) is 41.8 Å². The molecule has 2 aromatic rings. The maximum atomic E-state index is 6.10. The average molecular weight is 269 g/mol. The Hall–Kier alpha value is -2.16. The van der Waals surface area contributed by atoms with Gasteiger partial charge in [-0.2, -0.15) is 0 Å². The zero-order valence-electron chi connectivity index (χ0n) is 11.8. The number of methoxy groups -OCH3 is 1. The Morgan fingerprint density at radius 3 is 2.95 bits per heavy atom. The van der Waals surface area contributed by atoms with E-state index in [1.165, 1.54) is 5.56 Å². The lowest BCUT2D eigenvalue weighted by atomic mass is 10.1. The zero-order chi connectivity index (χ0) is 13.9. The monoisotopic (exact) mass is 269 g/mol. The molecular weight excluding hydrogens is 250 g/mol. The predicted molar refractivity (Wildman–Crippen MR) is 80.7 cm³/mol. The summed E-state index contributed by atoms with van der Waals surface area (Å²) < 4.78 is 11.4. The fraction of sp³-hybridized carbons (Fsp3) is 0.294. The molecule has 0 amide bonds. The van der Waals surface area contributed by atoms with Crippen molar-refractivity contribution in [2.45, 2.75) is 19.4 Å². The normalized spacial score (nSPS) is 16.8. The number of ether oxygens (including phenoxy) is 2. The SMILES string of the molecule is CCc1ccc2c(c1)NCC(c1cccc(OC)c1)O2. The third-order valence-electron chi connectivity index (χ3n) is 3.66. The second kappa shape index (κ2) is 5.45. The first-order chi connectivity index (χ1) is 9.80. The predicted octanol–water partition coefficient (Wildman–Crippen LogP) is 3.80. The van der Waals surface area contributed by atoms with E-state index in [2.05, 4.69) is 30.4 Å². The third kappa shape index (κ3) is 2.44. The van der Waals surface area contributed by atoms with Crippen molar-refractivity contribution in [2.75, 3.05) is 19.0 Å². The molecule has 0 aromatic heterocycles. The van der Waals surface area contributed by atoms with Crippen LogP contribution >= 0.6 is 0 Å². The molecule has 0 aliphatic carbocycles. The molecule has 1 unspecified atom stereocenters. The summed E-state index contributed by atoms with van der Waals surface area (Å²) in [6.07, 6.45) is 1.05. The van der Waals surface area contributed by atoms with Gasteiger partial charge in [0.25, 0.3) is 0 Å². The van der Waals surface area contributed by atoms with Gasteiger partial charge in [0.2, 0.25) is 0 Å². The minimum Gasteiger partial charge on any atom is -0.497 e. The van der Waals surface area contributed by atoms with Gasteiger partial charge < -0.3 is 14.8 Å². The molecule has 0 fully saturated rings. The highest BCUT2D eigenvalue weighted by Gasteiger charge is 2.21. The van der Waals surface area contributed by atoms with Gasteiger partial charge in [0.1, 0.15) is 17.6 Å². The first-order valence-corrected chi connectivity index (χ1v) is 6.97. The standard InChI is InChI=1S/C17H19NO2/c1-3-12-7-8-16-15(9-12)18-11-17(20-16)13-5-4-6-14(10-13)19-2/h4-10,17-18H,3,11H2,1-2H3. The van der Waals surface area contributed by atoms with E-state index in [4.69, 9.17) is 9.47 Å². The third-order valence-corrected chi connectivity index (χ3v) is 3.66. The summed E-state index contributed by atoms with van der Waals surface area (Å²) in [6.45, 7) is 2.93. The lowest BCUT2D eigenvalue weighted by Crippen LogP contribution is -2.23. The number of fused-ring (bicyclic) bond motifs is 1. The van der Waals surface area contributed by atoms with Crippen LogP contribution in [0.15, 0.2) is 42.5 Å². The summed E-state index contributed by atoms with van der Waals surface area (Å²) in [4.78, 5) is 0. The molecule has 1 atom stereocenters. The Morgan fingerprint density at radius 2 is 2.15 bits per heavy atom. The Morgan fingerprint density at radius 1 is 1.25 bits per heavy atom.